The molecule has 0 aromatic heterocycles. The Kier molecular flexibility index (Phi) is 8.15. The Morgan fingerprint density at radius 2 is 1.72 bits per heavy atom. The second-order valence-electron chi connectivity index (χ2n) is 8.58. The van der Waals surface area contributed by atoms with Crippen molar-refractivity contribution < 1.29 is 23.1 Å². The fourth-order valence-corrected chi connectivity index (χ4v) is 5.05. The van der Waals surface area contributed by atoms with Crippen molar-refractivity contribution in [1.29, 1.82) is 0 Å². The first-order chi connectivity index (χ1) is 15.2. The van der Waals surface area contributed by atoms with E-state index in [-0.39, 0.29) is 5.75 Å². The minimum absolute atomic E-state index is 0.0413. The highest BCUT2D eigenvalue weighted by Crippen LogP contribution is 2.29. The molecule has 1 aliphatic carbocycles. The van der Waals surface area contributed by atoms with E-state index in [0.717, 1.165) is 53.7 Å². The number of carboxylic acid groups (broad SMARTS) is 1. The molecule has 2 aromatic rings. The van der Waals surface area contributed by atoms with Crippen molar-refractivity contribution in [3.05, 3.63) is 53.6 Å². The van der Waals surface area contributed by atoms with Crippen LogP contribution in [0.5, 0.6) is 5.75 Å². The fourth-order valence-electron chi connectivity index (χ4n) is 4.25. The van der Waals surface area contributed by atoms with E-state index in [9.17, 15) is 13.2 Å². The minimum Gasteiger partial charge on any atom is -0.496 e. The van der Waals surface area contributed by atoms with Gasteiger partial charge in [0.15, 0.2) is 9.84 Å². The molecule has 1 saturated carbocycles. The Hall–Kier alpha value is -2.58. The second-order valence-corrected chi connectivity index (χ2v) is 10.7. The zero-order valence-electron chi connectivity index (χ0n) is 18.6. The van der Waals surface area contributed by atoms with Crippen molar-refractivity contribution in [2.45, 2.75) is 44.0 Å². The molecule has 32 heavy (non-hydrogen) atoms. The maximum Gasteiger partial charge on any atom is 0.404 e. The highest BCUT2D eigenvalue weighted by atomic mass is 32.2. The average Bonchev–Trinajstić information content (AvgIpc) is 2.76. The SMILES string of the molecule is COc1ccc(-c2ccc(CS(C)(=O)=O)cc2)cc1CNC1CCC(CNC(=O)O)CC1. The number of amides is 1. The fraction of sp³-hybridized carbons (Fsp3) is 0.458. The predicted molar refractivity (Wildman–Crippen MR) is 126 cm³/mol. The Balaban J connectivity index is 1.61. The smallest absolute Gasteiger partial charge is 0.404 e. The summed E-state index contributed by atoms with van der Waals surface area (Å²) in [5, 5.41) is 14.9. The lowest BCUT2D eigenvalue weighted by atomic mass is 9.86. The average molecular weight is 461 g/mol. The molecule has 0 spiro atoms. The number of nitrogens with one attached hydrogen (secondary N) is 2. The van der Waals surface area contributed by atoms with E-state index >= 15 is 0 Å². The van der Waals surface area contributed by atoms with E-state index in [0.29, 0.717) is 25.0 Å². The maximum absolute atomic E-state index is 11.5. The Morgan fingerprint density at radius 1 is 1.06 bits per heavy atom. The maximum atomic E-state index is 11.5. The van der Waals surface area contributed by atoms with Gasteiger partial charge in [-0.2, -0.15) is 0 Å². The number of ether oxygens (including phenoxy) is 1. The van der Waals surface area contributed by atoms with E-state index in [1.54, 1.807) is 7.11 Å². The van der Waals surface area contributed by atoms with Crippen LogP contribution in [0.3, 0.4) is 0 Å². The third-order valence-electron chi connectivity index (χ3n) is 5.97. The van der Waals surface area contributed by atoms with Gasteiger partial charge >= 0.3 is 6.09 Å². The van der Waals surface area contributed by atoms with Gasteiger partial charge in [0.2, 0.25) is 0 Å². The molecule has 0 unspecified atom stereocenters. The first-order valence-electron chi connectivity index (χ1n) is 10.9. The van der Waals surface area contributed by atoms with Crippen LogP contribution in [0, 0.1) is 5.92 Å². The third kappa shape index (κ3) is 7.24. The monoisotopic (exact) mass is 460 g/mol. The van der Waals surface area contributed by atoms with Crippen molar-refractivity contribution in [2.24, 2.45) is 5.92 Å². The first kappa shape index (κ1) is 24.1. The quantitative estimate of drug-likeness (QED) is 0.525. The summed E-state index contributed by atoms with van der Waals surface area (Å²) >= 11 is 0. The predicted octanol–water partition coefficient (Wildman–Crippen LogP) is 3.82. The van der Waals surface area contributed by atoms with Gasteiger partial charge in [0.1, 0.15) is 5.75 Å². The highest BCUT2D eigenvalue weighted by molar-refractivity contribution is 7.89. The van der Waals surface area contributed by atoms with E-state index in [1.165, 1.54) is 6.26 Å². The van der Waals surface area contributed by atoms with Gasteiger partial charge < -0.3 is 20.5 Å². The van der Waals surface area contributed by atoms with Crippen molar-refractivity contribution in [3.63, 3.8) is 0 Å². The molecule has 0 radical (unpaired) electrons. The van der Waals surface area contributed by atoms with Crippen molar-refractivity contribution >= 4 is 15.9 Å². The zero-order valence-corrected chi connectivity index (χ0v) is 19.5. The summed E-state index contributed by atoms with van der Waals surface area (Å²) in [4.78, 5) is 10.7. The van der Waals surface area contributed by atoms with Crippen molar-refractivity contribution in [2.75, 3.05) is 19.9 Å². The number of rotatable bonds is 9. The summed E-state index contributed by atoms with van der Waals surface area (Å²) < 4.78 is 28.6. The van der Waals surface area contributed by atoms with Crippen LogP contribution in [0.2, 0.25) is 0 Å². The largest absolute Gasteiger partial charge is 0.496 e. The summed E-state index contributed by atoms with van der Waals surface area (Å²) in [6, 6.07) is 14.1. The molecule has 8 heteroatoms. The van der Waals surface area contributed by atoms with Crippen LogP contribution >= 0.6 is 0 Å². The number of carbonyl (C=O) groups is 1. The van der Waals surface area contributed by atoms with E-state index < -0.39 is 15.9 Å². The topological polar surface area (TPSA) is 105 Å². The lowest BCUT2D eigenvalue weighted by Gasteiger charge is -2.29. The van der Waals surface area contributed by atoms with Gasteiger partial charge in [-0.25, -0.2) is 13.2 Å². The summed E-state index contributed by atoms with van der Waals surface area (Å²) in [6.07, 6.45) is 4.35. The molecule has 7 nitrogen and oxygen atoms in total. The summed E-state index contributed by atoms with van der Waals surface area (Å²) in [5.41, 5.74) is 3.93. The van der Waals surface area contributed by atoms with Crippen LogP contribution in [0.1, 0.15) is 36.8 Å². The Bertz CT molecular complexity index is 1010. The van der Waals surface area contributed by atoms with Gasteiger partial charge in [-0.3, -0.25) is 0 Å². The molecular formula is C24H32N2O5S. The van der Waals surface area contributed by atoms with Gasteiger partial charge in [-0.05, 0) is 60.4 Å². The van der Waals surface area contributed by atoms with Crippen LogP contribution < -0.4 is 15.4 Å². The van der Waals surface area contributed by atoms with Gasteiger partial charge in [0, 0.05) is 31.0 Å². The zero-order chi connectivity index (χ0) is 23.1. The summed E-state index contributed by atoms with van der Waals surface area (Å²) in [7, 11) is -1.39. The molecule has 3 N–H and O–H groups in total. The molecule has 1 fully saturated rings. The lowest BCUT2D eigenvalue weighted by molar-refractivity contribution is 0.189. The second kappa shape index (κ2) is 10.8. The minimum atomic E-state index is -3.05. The highest BCUT2D eigenvalue weighted by Gasteiger charge is 2.21. The molecule has 2 aromatic carbocycles. The van der Waals surface area contributed by atoms with E-state index in [2.05, 4.69) is 16.7 Å². The number of hydrogen-bond acceptors (Lipinski definition) is 5. The molecule has 3 rings (SSSR count). The molecule has 1 amide bonds. The molecule has 1 aliphatic rings. The Morgan fingerprint density at radius 3 is 2.31 bits per heavy atom. The van der Waals surface area contributed by atoms with E-state index in [4.69, 9.17) is 9.84 Å². The van der Waals surface area contributed by atoms with E-state index in [1.807, 2.05) is 36.4 Å². The molecule has 174 valence electrons. The van der Waals surface area contributed by atoms with Crippen LogP contribution in [0.15, 0.2) is 42.5 Å². The molecule has 0 aliphatic heterocycles. The summed E-state index contributed by atoms with van der Waals surface area (Å²) in [5.74, 6) is 1.28. The van der Waals surface area contributed by atoms with Crippen LogP contribution in [-0.4, -0.2) is 45.6 Å². The number of benzene rings is 2. The normalized spacial score (nSPS) is 18.8. The molecule has 0 saturated heterocycles. The van der Waals surface area contributed by atoms with Crippen molar-refractivity contribution in [1.82, 2.24) is 10.6 Å². The number of methoxy groups -OCH3 is 1. The number of sulfone groups is 1. The van der Waals surface area contributed by atoms with Gasteiger partial charge in [0.25, 0.3) is 0 Å². The van der Waals surface area contributed by atoms with Crippen LogP contribution in [-0.2, 0) is 22.1 Å². The summed E-state index contributed by atoms with van der Waals surface area (Å²) in [6.45, 7) is 1.22. The lowest BCUT2D eigenvalue weighted by Crippen LogP contribution is -2.36. The molecular weight excluding hydrogens is 428 g/mol. The van der Waals surface area contributed by atoms with Crippen LogP contribution in [0.4, 0.5) is 4.79 Å². The first-order valence-corrected chi connectivity index (χ1v) is 12.9. The molecule has 0 heterocycles. The Labute approximate surface area is 190 Å². The third-order valence-corrected chi connectivity index (χ3v) is 6.82. The van der Waals surface area contributed by atoms with Gasteiger partial charge in [-0.15, -0.1) is 0 Å². The van der Waals surface area contributed by atoms with Gasteiger partial charge in [0.05, 0.1) is 12.9 Å². The van der Waals surface area contributed by atoms with Crippen LogP contribution in [0.25, 0.3) is 11.1 Å². The van der Waals surface area contributed by atoms with Crippen molar-refractivity contribution in [3.8, 4) is 16.9 Å². The number of hydrogen-bond donors (Lipinski definition) is 3. The molecule has 0 bridgehead atoms. The molecule has 0 atom stereocenters. The standard InChI is InChI=1S/C24H32N2O5S/c1-31-23-12-9-20(19-7-3-18(4-8-19)16-32(2,29)30)13-21(23)15-25-22-10-5-17(6-11-22)14-26-24(27)28/h3-4,7-9,12-13,17,22,25-26H,5-6,10-11,14-16H2,1-2H3,(H,27,28). The van der Waals surface area contributed by atoms with Gasteiger partial charge in [-0.1, -0.05) is 30.3 Å².